The molecule has 2 amide bonds. The summed E-state index contributed by atoms with van der Waals surface area (Å²) < 4.78 is 44.5. The van der Waals surface area contributed by atoms with Crippen LogP contribution in [0.4, 0.5) is 18.9 Å². The van der Waals surface area contributed by atoms with Gasteiger partial charge < -0.3 is 19.7 Å². The minimum Gasteiger partial charge on any atom is -0.438 e. The van der Waals surface area contributed by atoms with Gasteiger partial charge in [-0.3, -0.25) is 9.59 Å². The van der Waals surface area contributed by atoms with Crippen LogP contribution in [0.25, 0.3) is 0 Å². The second kappa shape index (κ2) is 7.39. The highest BCUT2D eigenvalue weighted by Crippen LogP contribution is 2.33. The molecule has 0 spiro atoms. The highest BCUT2D eigenvalue weighted by Gasteiger charge is 2.34. The molecule has 2 heterocycles. The lowest BCUT2D eigenvalue weighted by molar-refractivity contribution is -0.137. The second-order valence-electron chi connectivity index (χ2n) is 6.09. The van der Waals surface area contributed by atoms with Gasteiger partial charge in [0, 0.05) is 17.8 Å². The van der Waals surface area contributed by atoms with E-state index in [1.54, 1.807) is 0 Å². The molecule has 0 saturated carbocycles. The third-order valence-electron chi connectivity index (χ3n) is 4.27. The number of anilines is 1. The number of hydrogen-bond donors (Lipinski definition) is 2. The second-order valence-corrected chi connectivity index (χ2v) is 6.09. The number of halogens is 3. The van der Waals surface area contributed by atoms with Gasteiger partial charge in [0.25, 0.3) is 11.8 Å². The first-order valence-electron chi connectivity index (χ1n) is 8.13. The Hall–Kier alpha value is -2.88. The number of amides is 2. The van der Waals surface area contributed by atoms with Crippen molar-refractivity contribution in [2.24, 2.45) is 0 Å². The molecular weight excluding hydrogens is 367 g/mol. The maximum Gasteiger partial charge on any atom is 0.416 e. The Morgan fingerprint density at radius 3 is 2.74 bits per heavy atom. The van der Waals surface area contributed by atoms with Gasteiger partial charge >= 0.3 is 6.18 Å². The van der Waals surface area contributed by atoms with Crippen molar-refractivity contribution in [3.05, 3.63) is 47.7 Å². The predicted octanol–water partition coefficient (Wildman–Crippen LogP) is 2.54. The number of likely N-dealkylation sites (tertiary alicyclic amines) is 1. The molecule has 0 radical (unpaired) electrons. The van der Waals surface area contributed by atoms with Gasteiger partial charge in [0.1, 0.15) is 0 Å². The first-order chi connectivity index (χ1) is 12.8. The predicted molar refractivity (Wildman–Crippen MR) is 87.0 cm³/mol. The number of rotatable bonds is 4. The van der Waals surface area contributed by atoms with Crippen LogP contribution >= 0.6 is 0 Å². The van der Waals surface area contributed by atoms with Crippen molar-refractivity contribution in [2.45, 2.75) is 25.1 Å². The van der Waals surface area contributed by atoms with Crippen molar-refractivity contribution in [1.29, 1.82) is 0 Å². The molecule has 0 unspecified atom stereocenters. The fourth-order valence-electron chi connectivity index (χ4n) is 2.97. The van der Waals surface area contributed by atoms with Gasteiger partial charge in [-0.15, -0.1) is 0 Å². The quantitative estimate of drug-likeness (QED) is 0.846. The fourth-order valence-corrected chi connectivity index (χ4v) is 2.97. The van der Waals surface area contributed by atoms with E-state index < -0.39 is 29.6 Å². The number of carbonyl (C=O) groups excluding carboxylic acids is 2. The molecule has 10 heteroatoms. The number of nitrogens with one attached hydrogen (secondary N) is 1. The highest BCUT2D eigenvalue weighted by atomic mass is 19.4. The Morgan fingerprint density at radius 2 is 2.11 bits per heavy atom. The van der Waals surface area contributed by atoms with Gasteiger partial charge in [-0.1, -0.05) is 0 Å². The third-order valence-corrected chi connectivity index (χ3v) is 4.27. The molecule has 1 saturated heterocycles. The Morgan fingerprint density at radius 1 is 1.33 bits per heavy atom. The van der Waals surface area contributed by atoms with Crippen LogP contribution in [0.1, 0.15) is 39.3 Å². The molecule has 27 heavy (non-hydrogen) atoms. The van der Waals surface area contributed by atoms with E-state index in [1.165, 1.54) is 11.0 Å². The van der Waals surface area contributed by atoms with Crippen LogP contribution in [0.2, 0.25) is 0 Å². The van der Waals surface area contributed by atoms with E-state index in [0.29, 0.717) is 19.4 Å². The van der Waals surface area contributed by atoms with Crippen molar-refractivity contribution >= 4 is 17.5 Å². The molecule has 1 aromatic heterocycles. The summed E-state index contributed by atoms with van der Waals surface area (Å²) in [6, 6.07) is 2.20. The number of carbonyl (C=O) groups is 2. The number of nitrogens with zero attached hydrogens (tertiary/aromatic N) is 2. The molecule has 1 aromatic carbocycles. The maximum atomic E-state index is 13.2. The SMILES string of the molecule is O=C(Nc1cc(C(=O)N2CCC[C@H]2CO)cc(C(F)(F)F)c1)c1cnco1. The average molecular weight is 383 g/mol. The van der Waals surface area contributed by atoms with E-state index in [2.05, 4.69) is 10.3 Å². The molecule has 0 bridgehead atoms. The summed E-state index contributed by atoms with van der Waals surface area (Å²) in [5.74, 6) is -1.60. The monoisotopic (exact) mass is 383 g/mol. The van der Waals surface area contributed by atoms with Crippen LogP contribution in [0, 0.1) is 0 Å². The van der Waals surface area contributed by atoms with E-state index in [9.17, 15) is 27.9 Å². The molecule has 2 aromatic rings. The summed E-state index contributed by atoms with van der Waals surface area (Å²) in [7, 11) is 0. The number of hydrogen-bond acceptors (Lipinski definition) is 5. The number of alkyl halides is 3. The third kappa shape index (κ3) is 4.11. The molecule has 144 valence electrons. The lowest BCUT2D eigenvalue weighted by Crippen LogP contribution is -2.37. The summed E-state index contributed by atoms with van der Waals surface area (Å²) in [5.41, 5.74) is -1.49. The fraction of sp³-hybridized carbons (Fsp3) is 0.353. The van der Waals surface area contributed by atoms with Crippen LogP contribution in [-0.2, 0) is 6.18 Å². The zero-order chi connectivity index (χ0) is 19.6. The Balaban J connectivity index is 1.93. The molecule has 1 aliphatic heterocycles. The number of oxazole rings is 1. The van der Waals surface area contributed by atoms with E-state index in [1.807, 2.05) is 0 Å². The van der Waals surface area contributed by atoms with Crippen molar-refractivity contribution in [3.63, 3.8) is 0 Å². The lowest BCUT2D eigenvalue weighted by Gasteiger charge is -2.24. The van der Waals surface area contributed by atoms with Crippen molar-refractivity contribution in [2.75, 3.05) is 18.5 Å². The summed E-state index contributed by atoms with van der Waals surface area (Å²) in [6.45, 7) is 0.0832. The van der Waals surface area contributed by atoms with Gasteiger partial charge in [-0.25, -0.2) is 4.98 Å². The van der Waals surface area contributed by atoms with Crippen LogP contribution in [-0.4, -0.2) is 46.0 Å². The first-order valence-corrected chi connectivity index (χ1v) is 8.13. The van der Waals surface area contributed by atoms with Gasteiger partial charge in [0.05, 0.1) is 24.4 Å². The van der Waals surface area contributed by atoms with Crippen LogP contribution in [0.5, 0.6) is 0 Å². The number of aromatic nitrogens is 1. The molecular formula is C17H16F3N3O4. The van der Waals surface area contributed by atoms with Crippen molar-refractivity contribution in [3.8, 4) is 0 Å². The molecule has 1 aliphatic rings. The number of aliphatic hydroxyl groups excluding tert-OH is 1. The summed E-state index contributed by atoms with van der Waals surface area (Å²) in [5, 5.41) is 11.6. The zero-order valence-corrected chi connectivity index (χ0v) is 14.0. The summed E-state index contributed by atoms with van der Waals surface area (Å²) in [4.78, 5) is 29.6. The lowest BCUT2D eigenvalue weighted by atomic mass is 10.1. The van der Waals surface area contributed by atoms with E-state index >= 15 is 0 Å². The number of aliphatic hydroxyl groups is 1. The van der Waals surface area contributed by atoms with Crippen LogP contribution in [0.3, 0.4) is 0 Å². The van der Waals surface area contributed by atoms with Gasteiger partial charge in [-0.2, -0.15) is 13.2 Å². The topological polar surface area (TPSA) is 95.7 Å². The first kappa shape index (κ1) is 18.9. The van der Waals surface area contributed by atoms with Crippen molar-refractivity contribution in [1.82, 2.24) is 9.88 Å². The molecule has 0 aliphatic carbocycles. The van der Waals surface area contributed by atoms with Gasteiger partial charge in [0.2, 0.25) is 5.76 Å². The Labute approximate surface area is 151 Å². The van der Waals surface area contributed by atoms with Crippen LogP contribution < -0.4 is 5.32 Å². The minimum absolute atomic E-state index is 0.180. The normalized spacial score (nSPS) is 17.2. The van der Waals surface area contributed by atoms with Gasteiger partial charge in [0.15, 0.2) is 6.39 Å². The average Bonchev–Trinajstić information content (AvgIpc) is 3.31. The maximum absolute atomic E-state index is 13.2. The molecule has 1 fully saturated rings. The Bertz CT molecular complexity index is 836. The summed E-state index contributed by atoms with van der Waals surface area (Å²) >= 11 is 0. The van der Waals surface area contributed by atoms with E-state index in [0.717, 1.165) is 24.7 Å². The van der Waals surface area contributed by atoms with E-state index in [-0.39, 0.29) is 23.6 Å². The molecule has 3 rings (SSSR count). The highest BCUT2D eigenvalue weighted by molar-refractivity contribution is 6.03. The smallest absolute Gasteiger partial charge is 0.416 e. The summed E-state index contributed by atoms with van der Waals surface area (Å²) in [6.07, 6.45) is -1.34. The van der Waals surface area contributed by atoms with Crippen molar-refractivity contribution < 1.29 is 32.3 Å². The van der Waals surface area contributed by atoms with E-state index in [4.69, 9.17) is 4.42 Å². The molecule has 1 atom stereocenters. The minimum atomic E-state index is -4.70. The zero-order valence-electron chi connectivity index (χ0n) is 14.0. The van der Waals surface area contributed by atoms with Gasteiger partial charge in [-0.05, 0) is 31.0 Å². The Kier molecular flexibility index (Phi) is 5.17. The molecule has 7 nitrogen and oxygen atoms in total. The largest absolute Gasteiger partial charge is 0.438 e. The number of benzene rings is 1. The van der Waals surface area contributed by atoms with Crippen LogP contribution in [0.15, 0.2) is 35.2 Å². The standard InChI is InChI=1S/C17H16F3N3O4/c18-17(19,20)11-4-10(16(26)23-3-1-2-13(23)8-24)5-12(6-11)22-15(25)14-7-21-9-27-14/h4-7,9,13,24H,1-3,8H2,(H,22,25)/t13-/m0/s1. The molecule has 2 N–H and O–H groups in total.